The highest BCUT2D eigenvalue weighted by Gasteiger charge is 2.47. The van der Waals surface area contributed by atoms with E-state index < -0.39 is 17.9 Å². The monoisotopic (exact) mass is 439 g/mol. The Kier molecular flexibility index (Phi) is 5.42. The number of hydrogen-bond acceptors (Lipinski definition) is 4. The molecule has 0 bridgehead atoms. The van der Waals surface area contributed by atoms with E-state index in [9.17, 15) is 9.59 Å². The van der Waals surface area contributed by atoms with Crippen LogP contribution in [-0.4, -0.2) is 28.0 Å². The van der Waals surface area contributed by atoms with Gasteiger partial charge in [0.15, 0.2) is 5.92 Å². The van der Waals surface area contributed by atoms with Crippen LogP contribution in [0.3, 0.4) is 0 Å². The second kappa shape index (κ2) is 8.54. The summed E-state index contributed by atoms with van der Waals surface area (Å²) in [6.07, 6.45) is 0. The van der Waals surface area contributed by atoms with Crippen LogP contribution in [0.5, 0.6) is 0 Å². The maximum absolute atomic E-state index is 13.9. The van der Waals surface area contributed by atoms with Crippen molar-refractivity contribution in [3.05, 3.63) is 95.6 Å². The molecule has 1 aromatic heterocycles. The molecule has 2 atom stereocenters. The van der Waals surface area contributed by atoms with Crippen molar-refractivity contribution in [2.75, 3.05) is 11.5 Å². The normalized spacial score (nSPS) is 17.8. The summed E-state index contributed by atoms with van der Waals surface area (Å²) in [4.78, 5) is 33.6. The maximum atomic E-state index is 13.9. The number of carbonyl (C=O) groups excluding carboxylic acids is 2. The van der Waals surface area contributed by atoms with Crippen molar-refractivity contribution in [1.29, 1.82) is 0 Å². The highest BCUT2D eigenvalue weighted by molar-refractivity contribution is 6.08. The summed E-state index contributed by atoms with van der Waals surface area (Å²) in [5.41, 5.74) is 4.59. The van der Waals surface area contributed by atoms with Crippen LogP contribution in [0, 0.1) is 12.8 Å². The molecule has 0 fully saturated rings. The molecule has 33 heavy (non-hydrogen) atoms. The van der Waals surface area contributed by atoms with Crippen LogP contribution < -0.4 is 4.90 Å². The van der Waals surface area contributed by atoms with E-state index in [0.717, 1.165) is 27.7 Å². The second-order valence-electron chi connectivity index (χ2n) is 8.27. The fraction of sp³-hybridized carbons (Fsp3) is 0.222. The Balaban J connectivity index is 1.75. The highest BCUT2D eigenvalue weighted by Crippen LogP contribution is 2.41. The minimum atomic E-state index is -1.01. The van der Waals surface area contributed by atoms with Crippen molar-refractivity contribution in [3.63, 3.8) is 0 Å². The van der Waals surface area contributed by atoms with Gasteiger partial charge in [-0.15, -0.1) is 0 Å². The standard InChI is InChI=1S/C27H25N3O3/c1-3-33-26(32)23-24(20-15-13-18(2)14-16-20)30-22-12-8-7-11-21(22)28-27(30)29(25(23)31)17-19-9-5-4-6-10-19/h4-16,23-24H,3,17H2,1-2H3/t23-,24+/m1/s1. The molecule has 3 aromatic carbocycles. The highest BCUT2D eigenvalue weighted by atomic mass is 16.5. The van der Waals surface area contributed by atoms with E-state index >= 15 is 0 Å². The predicted molar refractivity (Wildman–Crippen MR) is 127 cm³/mol. The SMILES string of the molecule is CCOC(=O)[C@H]1C(=O)N(Cc2ccccc2)c2nc3ccccc3n2[C@H]1c1ccc(C)cc1. The number of benzene rings is 3. The first-order valence-electron chi connectivity index (χ1n) is 11.1. The van der Waals surface area contributed by atoms with Crippen molar-refractivity contribution in [3.8, 4) is 0 Å². The smallest absolute Gasteiger partial charge is 0.321 e. The first-order valence-corrected chi connectivity index (χ1v) is 11.1. The number of aryl methyl sites for hydroxylation is 1. The van der Waals surface area contributed by atoms with Crippen LogP contribution in [0.2, 0.25) is 0 Å². The summed E-state index contributed by atoms with van der Waals surface area (Å²) in [6.45, 7) is 4.29. The molecule has 0 N–H and O–H groups in total. The first-order chi connectivity index (χ1) is 16.1. The van der Waals surface area contributed by atoms with Gasteiger partial charge in [0.05, 0.1) is 30.2 Å². The Bertz CT molecular complexity index is 1310. The lowest BCUT2D eigenvalue weighted by atomic mass is 9.89. The number of rotatable bonds is 5. The number of nitrogens with zero attached hydrogens (tertiary/aromatic N) is 3. The molecule has 1 amide bonds. The van der Waals surface area contributed by atoms with Gasteiger partial charge in [0, 0.05) is 0 Å². The molecule has 0 saturated carbocycles. The minimum Gasteiger partial charge on any atom is -0.465 e. The Morgan fingerprint density at radius 3 is 2.39 bits per heavy atom. The van der Waals surface area contributed by atoms with Gasteiger partial charge in [-0.2, -0.15) is 0 Å². The van der Waals surface area contributed by atoms with E-state index in [2.05, 4.69) is 0 Å². The number of amides is 1. The number of ether oxygens (including phenoxy) is 1. The van der Waals surface area contributed by atoms with Crippen LogP contribution in [0.1, 0.15) is 29.7 Å². The van der Waals surface area contributed by atoms with Gasteiger partial charge in [0.2, 0.25) is 11.9 Å². The average Bonchev–Trinajstić information content (AvgIpc) is 3.21. The van der Waals surface area contributed by atoms with E-state index in [1.807, 2.05) is 90.4 Å². The number of imidazole rings is 1. The number of aromatic nitrogens is 2. The molecule has 0 aliphatic carbocycles. The van der Waals surface area contributed by atoms with Gasteiger partial charge in [0.25, 0.3) is 0 Å². The Morgan fingerprint density at radius 2 is 1.67 bits per heavy atom. The van der Waals surface area contributed by atoms with Crippen LogP contribution >= 0.6 is 0 Å². The molecule has 2 heterocycles. The number of fused-ring (bicyclic) bond motifs is 3. The molecule has 0 spiro atoms. The van der Waals surface area contributed by atoms with Crippen molar-refractivity contribution in [1.82, 2.24) is 9.55 Å². The largest absolute Gasteiger partial charge is 0.465 e. The van der Waals surface area contributed by atoms with Gasteiger partial charge in [-0.25, -0.2) is 4.98 Å². The van der Waals surface area contributed by atoms with E-state index in [-0.39, 0.29) is 12.5 Å². The minimum absolute atomic E-state index is 0.208. The molecule has 1 aliphatic rings. The molecule has 6 nitrogen and oxygen atoms in total. The summed E-state index contributed by atoms with van der Waals surface area (Å²) in [6, 6.07) is 24.9. The Morgan fingerprint density at radius 1 is 0.970 bits per heavy atom. The van der Waals surface area contributed by atoms with Gasteiger partial charge in [-0.1, -0.05) is 72.3 Å². The number of anilines is 1. The van der Waals surface area contributed by atoms with Gasteiger partial charge >= 0.3 is 5.97 Å². The third kappa shape index (κ3) is 3.67. The number of carbonyl (C=O) groups is 2. The average molecular weight is 440 g/mol. The van der Waals surface area contributed by atoms with Gasteiger partial charge in [-0.3, -0.25) is 14.5 Å². The molecule has 0 unspecified atom stereocenters. The van der Waals surface area contributed by atoms with E-state index in [0.29, 0.717) is 12.5 Å². The maximum Gasteiger partial charge on any atom is 0.321 e. The summed E-state index contributed by atoms with van der Waals surface area (Å²) in [5, 5.41) is 0. The fourth-order valence-corrected chi connectivity index (χ4v) is 4.53. The zero-order chi connectivity index (χ0) is 22.9. The zero-order valence-electron chi connectivity index (χ0n) is 18.6. The molecular weight excluding hydrogens is 414 g/mol. The van der Waals surface area contributed by atoms with Crippen LogP contribution in [-0.2, 0) is 20.9 Å². The lowest BCUT2D eigenvalue weighted by Crippen LogP contribution is -2.49. The molecule has 1 aliphatic heterocycles. The zero-order valence-corrected chi connectivity index (χ0v) is 18.6. The third-order valence-electron chi connectivity index (χ3n) is 6.09. The topological polar surface area (TPSA) is 64.4 Å². The molecule has 166 valence electrons. The molecule has 5 rings (SSSR count). The molecule has 0 saturated heterocycles. The first kappa shape index (κ1) is 20.9. The van der Waals surface area contributed by atoms with Crippen molar-refractivity contribution >= 4 is 28.9 Å². The van der Waals surface area contributed by atoms with Crippen molar-refractivity contribution in [2.24, 2.45) is 5.92 Å². The molecule has 6 heteroatoms. The third-order valence-corrected chi connectivity index (χ3v) is 6.09. The molecular formula is C27H25N3O3. The fourth-order valence-electron chi connectivity index (χ4n) is 4.53. The van der Waals surface area contributed by atoms with Crippen molar-refractivity contribution < 1.29 is 14.3 Å². The number of esters is 1. The lowest BCUT2D eigenvalue weighted by molar-refractivity contribution is -0.153. The summed E-state index contributed by atoms with van der Waals surface area (Å²) >= 11 is 0. The van der Waals surface area contributed by atoms with E-state index in [1.54, 1.807) is 11.8 Å². The van der Waals surface area contributed by atoms with E-state index in [1.165, 1.54) is 0 Å². The quantitative estimate of drug-likeness (QED) is 0.335. The summed E-state index contributed by atoms with van der Waals surface area (Å²) < 4.78 is 7.43. The Labute approximate surface area is 192 Å². The van der Waals surface area contributed by atoms with E-state index in [4.69, 9.17) is 9.72 Å². The van der Waals surface area contributed by atoms with Gasteiger partial charge in [0.1, 0.15) is 0 Å². The van der Waals surface area contributed by atoms with Crippen molar-refractivity contribution in [2.45, 2.75) is 26.4 Å². The van der Waals surface area contributed by atoms with Crippen LogP contribution in [0.4, 0.5) is 5.95 Å². The lowest BCUT2D eigenvalue weighted by Gasteiger charge is -2.38. The van der Waals surface area contributed by atoms with Gasteiger partial charge < -0.3 is 9.30 Å². The Hall–Kier alpha value is -3.93. The van der Waals surface area contributed by atoms with Crippen LogP contribution in [0.25, 0.3) is 11.0 Å². The predicted octanol–water partition coefficient (Wildman–Crippen LogP) is 4.66. The van der Waals surface area contributed by atoms with Crippen LogP contribution in [0.15, 0.2) is 78.9 Å². The second-order valence-corrected chi connectivity index (χ2v) is 8.27. The number of hydrogen-bond donors (Lipinski definition) is 0. The van der Waals surface area contributed by atoms with Gasteiger partial charge in [-0.05, 0) is 37.1 Å². The summed E-state index contributed by atoms with van der Waals surface area (Å²) in [7, 11) is 0. The summed E-state index contributed by atoms with van der Waals surface area (Å²) in [5.74, 6) is -1.29. The number of para-hydroxylation sites is 2. The molecule has 4 aromatic rings. The molecule has 0 radical (unpaired) electrons.